The number of pyridine rings is 1. The summed E-state index contributed by atoms with van der Waals surface area (Å²) in [5.41, 5.74) is 4.09. The molecule has 1 aromatic carbocycles. The number of nitrogens with zero attached hydrogens (tertiary/aromatic N) is 4. The third-order valence-electron chi connectivity index (χ3n) is 4.39. The van der Waals surface area contributed by atoms with Crippen LogP contribution in [-0.2, 0) is 0 Å². The van der Waals surface area contributed by atoms with E-state index in [1.807, 2.05) is 61.3 Å². The smallest absolute Gasteiger partial charge is 0.257 e. The van der Waals surface area contributed by atoms with Crippen LogP contribution in [0.2, 0.25) is 0 Å². The zero-order valence-electron chi connectivity index (χ0n) is 16.5. The summed E-state index contributed by atoms with van der Waals surface area (Å²) in [5, 5.41) is 19.5. The largest absolute Gasteiger partial charge is 0.683 e. The molecule has 1 aliphatic heterocycles. The topological polar surface area (TPSA) is 94.9 Å². The Morgan fingerprint density at radius 3 is 2.86 bits per heavy atom. The summed E-state index contributed by atoms with van der Waals surface area (Å²) >= 11 is 0. The molecule has 0 saturated carbocycles. The zero-order chi connectivity index (χ0) is 20.8. The molecule has 2 aromatic rings. The molecule has 1 aliphatic rings. The number of benzene rings is 1. The molecule has 29 heavy (non-hydrogen) atoms. The van der Waals surface area contributed by atoms with Gasteiger partial charge >= 0.3 is 0 Å². The molecule has 1 unspecified atom stereocenters. The number of nitrogens with one attached hydrogen (secondary N) is 2. The molecule has 1 atom stereocenters. The molecule has 3 rings (SSSR count). The van der Waals surface area contributed by atoms with Crippen molar-refractivity contribution >= 4 is 17.8 Å². The number of nitriles is 1. The molecule has 0 spiro atoms. The van der Waals surface area contributed by atoms with Crippen molar-refractivity contribution in [3.63, 3.8) is 0 Å². The number of hydrogen-bond donors (Lipinski definition) is 2. The number of aryl methyl sites for hydroxylation is 1. The van der Waals surface area contributed by atoms with Crippen molar-refractivity contribution in [3.05, 3.63) is 88.5 Å². The van der Waals surface area contributed by atoms with Gasteiger partial charge in [0, 0.05) is 11.9 Å². The molecule has 0 aliphatic carbocycles. The van der Waals surface area contributed by atoms with Crippen molar-refractivity contribution in [2.24, 2.45) is 0 Å². The zero-order valence-corrected chi connectivity index (χ0v) is 16.5. The number of allylic oxidation sites excluding steroid dienone is 1. The molecule has 0 radical (unpaired) electrons. The monoisotopic (exact) mass is 386 g/mol. The van der Waals surface area contributed by atoms with E-state index < -0.39 is 0 Å². The second-order valence-electron chi connectivity index (χ2n) is 6.75. The lowest BCUT2D eigenvalue weighted by atomic mass is 10.1. The van der Waals surface area contributed by atoms with Crippen LogP contribution in [0.5, 0.6) is 0 Å². The van der Waals surface area contributed by atoms with Crippen molar-refractivity contribution in [2.45, 2.75) is 19.9 Å². The van der Waals surface area contributed by atoms with Gasteiger partial charge in [0.15, 0.2) is 18.1 Å². The Hall–Kier alpha value is -3.92. The fraction of sp³-hybridized carbons (Fsp3) is 0.182. The standard InChI is InChI=1S/C22H22N6O/c1-15-9-18(12-26-21(15)11-23)22(29)27-19-6-4-5-17(10-19)16(2)24-7-8-25-20-13-28(3)14-20/h4-10,12-14,16,25H,1-3H3,(H,27,29). The SMILES string of the molecule is Cc1cc(C(=O)Nc2cccc(C(C)[N-]C=CNC3=C[N+](C)=C3)c2)cnc1C#N. The lowest BCUT2D eigenvalue weighted by Gasteiger charge is -2.26. The number of carbonyl (C=O) groups excluding carboxylic acids is 1. The van der Waals surface area contributed by atoms with Crippen LogP contribution >= 0.6 is 0 Å². The number of amides is 1. The highest BCUT2D eigenvalue weighted by Gasteiger charge is 2.10. The van der Waals surface area contributed by atoms with E-state index in [1.165, 1.54) is 6.20 Å². The van der Waals surface area contributed by atoms with Gasteiger partial charge in [0.25, 0.3) is 5.91 Å². The minimum atomic E-state index is -0.272. The normalized spacial score (nSPS) is 13.6. The van der Waals surface area contributed by atoms with E-state index in [0.29, 0.717) is 22.5 Å². The predicted molar refractivity (Wildman–Crippen MR) is 112 cm³/mol. The molecule has 2 heterocycles. The van der Waals surface area contributed by atoms with Crippen LogP contribution < -0.4 is 10.6 Å². The van der Waals surface area contributed by atoms with Crippen LogP contribution in [0, 0.1) is 18.3 Å². The Morgan fingerprint density at radius 2 is 2.17 bits per heavy atom. The summed E-state index contributed by atoms with van der Waals surface area (Å²) < 4.78 is 1.96. The van der Waals surface area contributed by atoms with E-state index in [0.717, 1.165) is 11.3 Å². The Labute approximate surface area is 170 Å². The van der Waals surface area contributed by atoms with Gasteiger partial charge in [-0.3, -0.25) is 4.79 Å². The van der Waals surface area contributed by atoms with Crippen molar-refractivity contribution in [1.82, 2.24) is 10.3 Å². The molecular weight excluding hydrogens is 364 g/mol. The van der Waals surface area contributed by atoms with Gasteiger partial charge < -0.3 is 16.0 Å². The van der Waals surface area contributed by atoms with Gasteiger partial charge in [-0.15, -0.1) is 0 Å². The first kappa shape index (κ1) is 19.8. The van der Waals surface area contributed by atoms with Crippen molar-refractivity contribution in [3.8, 4) is 6.07 Å². The average Bonchev–Trinajstić information content (AvgIpc) is 2.69. The molecule has 0 saturated heterocycles. The highest BCUT2D eigenvalue weighted by molar-refractivity contribution is 6.04. The minimum Gasteiger partial charge on any atom is -0.683 e. The van der Waals surface area contributed by atoms with Crippen LogP contribution in [0.25, 0.3) is 5.32 Å². The van der Waals surface area contributed by atoms with E-state index in [9.17, 15) is 4.79 Å². The number of hydrogen-bond acceptors (Lipinski definition) is 4. The highest BCUT2D eigenvalue weighted by Crippen LogP contribution is 2.24. The van der Waals surface area contributed by atoms with E-state index in [2.05, 4.69) is 20.9 Å². The first-order chi connectivity index (χ1) is 14.0. The van der Waals surface area contributed by atoms with Crippen molar-refractivity contribution in [1.29, 1.82) is 5.26 Å². The highest BCUT2D eigenvalue weighted by atomic mass is 16.1. The molecule has 7 nitrogen and oxygen atoms in total. The number of rotatable bonds is 7. The first-order valence-electron chi connectivity index (χ1n) is 9.14. The maximum Gasteiger partial charge on any atom is 0.257 e. The number of anilines is 1. The third kappa shape index (κ3) is 5.08. The first-order valence-corrected chi connectivity index (χ1v) is 9.14. The van der Waals surface area contributed by atoms with Crippen molar-refractivity contribution < 1.29 is 9.37 Å². The van der Waals surface area contributed by atoms with Crippen LogP contribution in [0.3, 0.4) is 0 Å². The average molecular weight is 386 g/mol. The van der Waals surface area contributed by atoms with Gasteiger partial charge in [-0.25, -0.2) is 9.56 Å². The molecule has 2 N–H and O–H groups in total. The lowest BCUT2D eigenvalue weighted by Crippen LogP contribution is -2.21. The van der Waals surface area contributed by atoms with Crippen molar-refractivity contribution in [2.75, 3.05) is 12.4 Å². The van der Waals surface area contributed by atoms with E-state index in [-0.39, 0.29) is 11.9 Å². The second kappa shape index (κ2) is 8.85. The second-order valence-corrected chi connectivity index (χ2v) is 6.75. The molecule has 0 fully saturated rings. The van der Waals surface area contributed by atoms with Gasteiger partial charge in [-0.05, 0) is 36.9 Å². The van der Waals surface area contributed by atoms with Crippen LogP contribution in [0.15, 0.2) is 60.8 Å². The Kier molecular flexibility index (Phi) is 6.05. The Bertz CT molecular complexity index is 1060. The summed E-state index contributed by atoms with van der Waals surface area (Å²) in [6, 6.07) is 11.2. The summed E-state index contributed by atoms with van der Waals surface area (Å²) in [6.07, 6.45) is 8.88. The van der Waals surface area contributed by atoms with E-state index >= 15 is 0 Å². The quantitative estimate of drug-likeness (QED) is 0.711. The fourth-order valence-electron chi connectivity index (χ4n) is 2.79. The summed E-state index contributed by atoms with van der Waals surface area (Å²) in [4.78, 5) is 16.5. The van der Waals surface area contributed by atoms with E-state index in [1.54, 1.807) is 25.4 Å². The maximum atomic E-state index is 12.5. The molecule has 7 heteroatoms. The molecule has 1 aromatic heterocycles. The predicted octanol–water partition coefficient (Wildman–Crippen LogP) is 3.58. The number of carbonyl (C=O) groups is 1. The van der Waals surface area contributed by atoms with Gasteiger partial charge in [-0.2, -0.15) is 11.5 Å². The van der Waals surface area contributed by atoms with Crippen LogP contribution in [0.4, 0.5) is 5.69 Å². The van der Waals surface area contributed by atoms with Gasteiger partial charge in [0.1, 0.15) is 18.8 Å². The molecule has 146 valence electrons. The minimum absolute atomic E-state index is 0.0641. The summed E-state index contributed by atoms with van der Waals surface area (Å²) in [5.74, 6) is -0.272. The van der Waals surface area contributed by atoms with E-state index in [4.69, 9.17) is 5.26 Å². The van der Waals surface area contributed by atoms with Gasteiger partial charge in [-0.1, -0.05) is 30.7 Å². The Balaban J connectivity index is 1.59. The molecular formula is C22H22N6O. The summed E-state index contributed by atoms with van der Waals surface area (Å²) in [6.45, 7) is 3.74. The Morgan fingerprint density at radius 1 is 1.38 bits per heavy atom. The summed E-state index contributed by atoms with van der Waals surface area (Å²) in [7, 11) is 1.96. The molecule has 0 bridgehead atoms. The van der Waals surface area contributed by atoms with Gasteiger partial charge in [0.05, 0.1) is 5.56 Å². The third-order valence-corrected chi connectivity index (χ3v) is 4.39. The fourth-order valence-corrected chi connectivity index (χ4v) is 2.79. The van der Waals surface area contributed by atoms with Crippen LogP contribution in [0.1, 0.15) is 40.1 Å². The van der Waals surface area contributed by atoms with Crippen LogP contribution in [-0.4, -0.2) is 28.7 Å². The number of aromatic nitrogens is 1. The van der Waals surface area contributed by atoms with Gasteiger partial charge in [0.2, 0.25) is 0 Å². The maximum absolute atomic E-state index is 12.5. The molecule has 1 amide bonds. The lowest BCUT2D eigenvalue weighted by molar-refractivity contribution is -0.429.